The zero-order valence-corrected chi connectivity index (χ0v) is 16.6. The van der Waals surface area contributed by atoms with Crippen LogP contribution in [0.3, 0.4) is 0 Å². The van der Waals surface area contributed by atoms with Crippen LogP contribution >= 0.6 is 11.3 Å². The summed E-state index contributed by atoms with van der Waals surface area (Å²) in [5.74, 6) is 0.0914. The summed E-state index contributed by atoms with van der Waals surface area (Å²) in [5, 5.41) is 9.17. The van der Waals surface area contributed by atoms with Gasteiger partial charge in [-0.2, -0.15) is 5.10 Å². The van der Waals surface area contributed by atoms with Gasteiger partial charge < -0.3 is 4.90 Å². The van der Waals surface area contributed by atoms with Gasteiger partial charge in [-0.1, -0.05) is 30.3 Å². The van der Waals surface area contributed by atoms with Gasteiger partial charge in [0.1, 0.15) is 0 Å². The van der Waals surface area contributed by atoms with Crippen LogP contribution in [0.15, 0.2) is 48.0 Å². The minimum absolute atomic E-state index is 0.0914. The molecule has 144 valence electrons. The van der Waals surface area contributed by atoms with E-state index in [-0.39, 0.29) is 5.91 Å². The van der Waals surface area contributed by atoms with Gasteiger partial charge in [-0.05, 0) is 41.8 Å². The predicted octanol–water partition coefficient (Wildman–Crippen LogP) is 3.45. The van der Waals surface area contributed by atoms with Gasteiger partial charge >= 0.3 is 0 Å². The van der Waals surface area contributed by atoms with Crippen LogP contribution < -0.4 is 0 Å². The third-order valence-corrected chi connectivity index (χ3v) is 6.89. The van der Waals surface area contributed by atoms with Crippen molar-refractivity contribution in [2.75, 3.05) is 26.2 Å². The molecule has 6 heteroatoms. The molecular formula is C22H24N4OS. The monoisotopic (exact) mass is 392 g/mol. The Kier molecular flexibility index (Phi) is 4.74. The van der Waals surface area contributed by atoms with E-state index in [9.17, 15) is 4.79 Å². The highest BCUT2D eigenvalue weighted by Gasteiger charge is 2.30. The Morgan fingerprint density at radius 3 is 2.61 bits per heavy atom. The summed E-state index contributed by atoms with van der Waals surface area (Å²) in [4.78, 5) is 18.8. The van der Waals surface area contributed by atoms with E-state index in [2.05, 4.69) is 39.4 Å². The van der Waals surface area contributed by atoms with Gasteiger partial charge in [0, 0.05) is 32.2 Å². The van der Waals surface area contributed by atoms with Crippen molar-refractivity contribution in [1.29, 1.82) is 0 Å². The van der Waals surface area contributed by atoms with E-state index in [1.54, 1.807) is 17.5 Å². The van der Waals surface area contributed by atoms with E-state index < -0.39 is 0 Å². The maximum Gasteiger partial charge on any atom is 0.257 e. The number of rotatable bonds is 3. The van der Waals surface area contributed by atoms with Gasteiger partial charge in [0.2, 0.25) is 0 Å². The standard InChI is InChI=1S/C22H24N4OS/c27-22(19-15-23-24-21(19)20-7-3-12-28-20)26-9-4-8-25(10-11-26)18-13-16-5-1-2-6-17(16)14-18/h1-3,5-7,12,15,18H,4,8-11,13-14H2,(H,23,24). The van der Waals surface area contributed by atoms with Gasteiger partial charge in [0.15, 0.2) is 0 Å². The van der Waals surface area contributed by atoms with Crippen LogP contribution in [0.4, 0.5) is 0 Å². The zero-order valence-electron chi connectivity index (χ0n) is 15.8. The van der Waals surface area contributed by atoms with Crippen molar-refractivity contribution >= 4 is 17.2 Å². The van der Waals surface area contributed by atoms with Crippen molar-refractivity contribution in [3.05, 3.63) is 64.7 Å². The van der Waals surface area contributed by atoms with Crippen LogP contribution in [-0.2, 0) is 12.8 Å². The third-order valence-electron chi connectivity index (χ3n) is 6.00. The number of carbonyl (C=O) groups is 1. The number of hydrogen-bond donors (Lipinski definition) is 1. The van der Waals surface area contributed by atoms with Crippen LogP contribution in [0.5, 0.6) is 0 Å². The van der Waals surface area contributed by atoms with Crippen LogP contribution in [0.25, 0.3) is 10.6 Å². The first-order valence-corrected chi connectivity index (χ1v) is 10.8. The first-order chi connectivity index (χ1) is 13.8. The number of aromatic nitrogens is 2. The average Bonchev–Trinajstić information content (AvgIpc) is 3.44. The third kappa shape index (κ3) is 3.27. The van der Waals surface area contributed by atoms with Crippen molar-refractivity contribution in [2.45, 2.75) is 25.3 Å². The number of carbonyl (C=O) groups excluding carboxylic acids is 1. The van der Waals surface area contributed by atoms with Crippen molar-refractivity contribution in [1.82, 2.24) is 20.0 Å². The van der Waals surface area contributed by atoms with Gasteiger partial charge in [0.25, 0.3) is 5.91 Å². The van der Waals surface area contributed by atoms with Crippen LogP contribution in [0, 0.1) is 0 Å². The molecule has 0 saturated carbocycles. The Bertz CT molecular complexity index is 940. The molecule has 5 nitrogen and oxygen atoms in total. The molecule has 1 N–H and O–H groups in total. The predicted molar refractivity (Wildman–Crippen MR) is 112 cm³/mol. The second-order valence-electron chi connectivity index (χ2n) is 7.65. The van der Waals surface area contributed by atoms with Gasteiger partial charge in [-0.25, -0.2) is 0 Å². The molecule has 5 rings (SSSR count). The number of H-pyrrole nitrogens is 1. The molecular weight excluding hydrogens is 368 g/mol. The van der Waals surface area contributed by atoms with E-state index in [1.165, 1.54) is 11.1 Å². The fraction of sp³-hybridized carbons (Fsp3) is 0.364. The molecule has 0 radical (unpaired) electrons. The summed E-state index contributed by atoms with van der Waals surface area (Å²) in [6.45, 7) is 3.59. The van der Waals surface area contributed by atoms with E-state index in [1.807, 2.05) is 22.4 Å². The van der Waals surface area contributed by atoms with E-state index in [0.29, 0.717) is 11.6 Å². The second-order valence-corrected chi connectivity index (χ2v) is 8.60. The SMILES string of the molecule is O=C(c1cn[nH]c1-c1cccs1)N1CCCN(C2Cc3ccccc3C2)CC1. The molecule has 1 amide bonds. The lowest BCUT2D eigenvalue weighted by Gasteiger charge is -2.27. The summed E-state index contributed by atoms with van der Waals surface area (Å²) in [5.41, 5.74) is 4.50. The molecule has 3 heterocycles. The molecule has 0 atom stereocenters. The first kappa shape index (κ1) is 17.6. The molecule has 0 unspecified atom stereocenters. The summed E-state index contributed by atoms with van der Waals surface area (Å²) >= 11 is 1.62. The van der Waals surface area contributed by atoms with Crippen molar-refractivity contribution in [2.24, 2.45) is 0 Å². The topological polar surface area (TPSA) is 52.2 Å². The number of amides is 1. The van der Waals surface area contributed by atoms with E-state index in [0.717, 1.165) is 56.0 Å². The fourth-order valence-electron chi connectivity index (χ4n) is 4.53. The minimum atomic E-state index is 0.0914. The van der Waals surface area contributed by atoms with Crippen LogP contribution in [0.1, 0.15) is 27.9 Å². The number of nitrogens with one attached hydrogen (secondary N) is 1. The molecule has 1 aromatic carbocycles. The van der Waals surface area contributed by atoms with Crippen molar-refractivity contribution in [3.63, 3.8) is 0 Å². The molecule has 1 fully saturated rings. The molecule has 0 bridgehead atoms. The molecule has 2 aliphatic rings. The number of fused-ring (bicyclic) bond motifs is 1. The highest BCUT2D eigenvalue weighted by Crippen LogP contribution is 2.28. The molecule has 0 spiro atoms. The van der Waals surface area contributed by atoms with Gasteiger partial charge in [0.05, 0.1) is 22.3 Å². The molecule has 1 aliphatic carbocycles. The number of hydrogen-bond acceptors (Lipinski definition) is 4. The second kappa shape index (κ2) is 7.53. The Balaban J connectivity index is 1.27. The summed E-state index contributed by atoms with van der Waals surface area (Å²) in [7, 11) is 0. The molecule has 1 saturated heterocycles. The Morgan fingerprint density at radius 1 is 1.04 bits per heavy atom. The number of thiophene rings is 1. The molecule has 2 aromatic heterocycles. The first-order valence-electron chi connectivity index (χ1n) is 9.97. The normalized spacial score (nSPS) is 18.2. The lowest BCUT2D eigenvalue weighted by atomic mass is 10.1. The van der Waals surface area contributed by atoms with Crippen molar-refractivity contribution in [3.8, 4) is 10.6 Å². The summed E-state index contributed by atoms with van der Waals surface area (Å²) < 4.78 is 0. The van der Waals surface area contributed by atoms with Crippen LogP contribution in [-0.4, -0.2) is 58.1 Å². The Morgan fingerprint density at radius 2 is 1.86 bits per heavy atom. The van der Waals surface area contributed by atoms with Crippen LogP contribution in [0.2, 0.25) is 0 Å². The summed E-state index contributed by atoms with van der Waals surface area (Å²) in [6.07, 6.45) is 4.96. The smallest absolute Gasteiger partial charge is 0.257 e. The maximum absolute atomic E-state index is 13.2. The zero-order chi connectivity index (χ0) is 18.9. The van der Waals surface area contributed by atoms with E-state index in [4.69, 9.17) is 0 Å². The average molecular weight is 393 g/mol. The van der Waals surface area contributed by atoms with E-state index >= 15 is 0 Å². The Labute approximate surface area is 169 Å². The molecule has 28 heavy (non-hydrogen) atoms. The minimum Gasteiger partial charge on any atom is -0.337 e. The highest BCUT2D eigenvalue weighted by molar-refractivity contribution is 7.13. The largest absolute Gasteiger partial charge is 0.337 e. The lowest BCUT2D eigenvalue weighted by molar-refractivity contribution is 0.0759. The quantitative estimate of drug-likeness (QED) is 0.743. The Hall–Kier alpha value is -2.44. The summed E-state index contributed by atoms with van der Waals surface area (Å²) in [6, 6.07) is 13.4. The van der Waals surface area contributed by atoms with Gasteiger partial charge in [-0.15, -0.1) is 11.3 Å². The number of aromatic amines is 1. The number of benzene rings is 1. The lowest BCUT2D eigenvalue weighted by Crippen LogP contribution is -2.40. The fourth-order valence-corrected chi connectivity index (χ4v) is 5.26. The van der Waals surface area contributed by atoms with Gasteiger partial charge in [-0.3, -0.25) is 14.8 Å². The maximum atomic E-state index is 13.2. The van der Waals surface area contributed by atoms with Crippen molar-refractivity contribution < 1.29 is 4.79 Å². The number of nitrogens with zero attached hydrogens (tertiary/aromatic N) is 3. The molecule has 3 aromatic rings. The molecule has 1 aliphatic heterocycles. The highest BCUT2D eigenvalue weighted by atomic mass is 32.1.